The lowest BCUT2D eigenvalue weighted by atomic mass is 10.1. The lowest BCUT2D eigenvalue weighted by Gasteiger charge is -1.95. The molecular formula is C10H16. The van der Waals surface area contributed by atoms with Gasteiger partial charge in [-0.3, -0.25) is 0 Å². The van der Waals surface area contributed by atoms with Crippen molar-refractivity contribution in [1.82, 2.24) is 0 Å². The number of hydrogen-bond donors (Lipinski definition) is 0. The van der Waals surface area contributed by atoms with Crippen LogP contribution in [0.15, 0.2) is 0 Å². The maximum absolute atomic E-state index is 3.71. The molecule has 0 heterocycles. The molecule has 56 valence electrons. The first-order valence-electron chi connectivity index (χ1n) is 3.81. The summed E-state index contributed by atoms with van der Waals surface area (Å²) >= 11 is 0. The van der Waals surface area contributed by atoms with Crippen molar-refractivity contribution in [2.24, 2.45) is 0 Å². The van der Waals surface area contributed by atoms with Crippen LogP contribution in [0.4, 0.5) is 0 Å². The maximum Gasteiger partial charge on any atom is 0.00939 e. The van der Waals surface area contributed by atoms with E-state index in [-0.39, 0.29) is 0 Å². The molecule has 0 spiro atoms. The SMILES string of the molecule is [CH2]CCC#CCC[C](C)C. The molecule has 10 heavy (non-hydrogen) atoms. The number of hydrogen-bond acceptors (Lipinski definition) is 0. The summed E-state index contributed by atoms with van der Waals surface area (Å²) in [5, 5.41) is 0. The second-order valence-corrected chi connectivity index (χ2v) is 2.66. The molecule has 0 rings (SSSR count). The second-order valence-electron chi connectivity index (χ2n) is 2.66. The van der Waals surface area contributed by atoms with Gasteiger partial charge in [0.1, 0.15) is 0 Å². The molecule has 0 atom stereocenters. The molecule has 0 nitrogen and oxygen atoms in total. The average Bonchev–Trinajstić information content (AvgIpc) is 1.87. The molecule has 0 saturated carbocycles. The minimum Gasteiger partial charge on any atom is -0.103 e. The highest BCUT2D eigenvalue weighted by molar-refractivity contribution is 5.00. The molecule has 2 radical (unpaired) electrons. The molecule has 0 aromatic rings. The van der Waals surface area contributed by atoms with Crippen molar-refractivity contribution in [2.45, 2.75) is 39.5 Å². The fourth-order valence-electron chi connectivity index (χ4n) is 0.578. The van der Waals surface area contributed by atoms with Crippen LogP contribution in [0.1, 0.15) is 39.5 Å². The van der Waals surface area contributed by atoms with Crippen LogP contribution in [0.5, 0.6) is 0 Å². The van der Waals surface area contributed by atoms with Crippen molar-refractivity contribution in [3.05, 3.63) is 12.8 Å². The van der Waals surface area contributed by atoms with Gasteiger partial charge in [-0.15, -0.1) is 11.8 Å². The van der Waals surface area contributed by atoms with Gasteiger partial charge in [0, 0.05) is 12.8 Å². The predicted molar refractivity (Wildman–Crippen MR) is 46.2 cm³/mol. The topological polar surface area (TPSA) is 0 Å². The van der Waals surface area contributed by atoms with Crippen molar-refractivity contribution in [3.63, 3.8) is 0 Å². The fraction of sp³-hybridized carbons (Fsp3) is 0.600. The minimum absolute atomic E-state index is 0.932. The molecule has 0 fully saturated rings. The van der Waals surface area contributed by atoms with E-state index in [0.717, 1.165) is 25.7 Å². The van der Waals surface area contributed by atoms with Gasteiger partial charge in [-0.2, -0.15) is 0 Å². The summed E-state index contributed by atoms with van der Waals surface area (Å²) in [4.78, 5) is 0. The van der Waals surface area contributed by atoms with Crippen LogP contribution in [0.3, 0.4) is 0 Å². The molecule has 0 heteroatoms. The van der Waals surface area contributed by atoms with Crippen molar-refractivity contribution >= 4 is 0 Å². The Morgan fingerprint density at radius 3 is 2.30 bits per heavy atom. The lowest BCUT2D eigenvalue weighted by Crippen LogP contribution is -1.80. The molecule has 0 amide bonds. The summed E-state index contributed by atoms with van der Waals surface area (Å²) in [7, 11) is 0. The van der Waals surface area contributed by atoms with Crippen molar-refractivity contribution < 1.29 is 0 Å². The monoisotopic (exact) mass is 136 g/mol. The summed E-state index contributed by atoms with van der Waals surface area (Å²) in [6.45, 7) is 7.99. The van der Waals surface area contributed by atoms with Crippen LogP contribution >= 0.6 is 0 Å². The van der Waals surface area contributed by atoms with Gasteiger partial charge in [0.15, 0.2) is 0 Å². The van der Waals surface area contributed by atoms with E-state index in [2.05, 4.69) is 32.6 Å². The zero-order valence-electron chi connectivity index (χ0n) is 7.04. The minimum atomic E-state index is 0.932. The molecule has 0 aliphatic carbocycles. The lowest BCUT2D eigenvalue weighted by molar-refractivity contribution is 0.865. The van der Waals surface area contributed by atoms with Gasteiger partial charge in [0.05, 0.1) is 0 Å². The standard InChI is InChI=1S/C10H16/c1-4-5-6-7-8-9-10(2)3/h1,4-5,8-9H2,2-3H3. The largest absolute Gasteiger partial charge is 0.103 e. The molecule has 0 aliphatic heterocycles. The molecule has 0 unspecified atom stereocenters. The molecule has 0 aromatic carbocycles. The third-order valence-corrected chi connectivity index (χ3v) is 1.18. The van der Waals surface area contributed by atoms with Crippen molar-refractivity contribution in [3.8, 4) is 11.8 Å². The van der Waals surface area contributed by atoms with Crippen molar-refractivity contribution in [2.75, 3.05) is 0 Å². The highest BCUT2D eigenvalue weighted by Gasteiger charge is 1.89. The summed E-state index contributed by atoms with van der Waals surface area (Å²) in [5.41, 5.74) is 0. The Morgan fingerprint density at radius 2 is 1.80 bits per heavy atom. The molecule has 0 bridgehead atoms. The summed E-state index contributed by atoms with van der Waals surface area (Å²) in [6.07, 6.45) is 4.04. The van der Waals surface area contributed by atoms with E-state index in [1.165, 1.54) is 5.92 Å². The molecular weight excluding hydrogens is 120 g/mol. The first-order chi connectivity index (χ1) is 4.77. The smallest absolute Gasteiger partial charge is 0.00939 e. The van der Waals surface area contributed by atoms with E-state index in [1.807, 2.05) is 0 Å². The Labute approximate surface area is 65.0 Å². The van der Waals surface area contributed by atoms with Gasteiger partial charge < -0.3 is 0 Å². The first-order valence-corrected chi connectivity index (χ1v) is 3.81. The Bertz CT molecular complexity index is 112. The van der Waals surface area contributed by atoms with E-state index in [4.69, 9.17) is 0 Å². The van der Waals surface area contributed by atoms with E-state index in [1.54, 1.807) is 0 Å². The summed E-state index contributed by atoms with van der Waals surface area (Å²) in [6, 6.07) is 0. The zero-order chi connectivity index (χ0) is 7.82. The second kappa shape index (κ2) is 6.68. The van der Waals surface area contributed by atoms with Gasteiger partial charge >= 0.3 is 0 Å². The first kappa shape index (κ1) is 9.56. The summed E-state index contributed by atoms with van der Waals surface area (Å²) in [5.74, 6) is 7.63. The Kier molecular flexibility index (Phi) is 6.38. The molecule has 0 saturated heterocycles. The van der Waals surface area contributed by atoms with Crippen LogP contribution in [0, 0.1) is 24.7 Å². The highest BCUT2D eigenvalue weighted by Crippen LogP contribution is 2.03. The fourth-order valence-corrected chi connectivity index (χ4v) is 0.578. The van der Waals surface area contributed by atoms with Gasteiger partial charge in [0.25, 0.3) is 0 Å². The number of rotatable bonds is 3. The van der Waals surface area contributed by atoms with Crippen molar-refractivity contribution in [1.29, 1.82) is 0 Å². The van der Waals surface area contributed by atoms with E-state index in [9.17, 15) is 0 Å². The number of unbranched alkanes of at least 4 members (excludes halogenated alkanes) is 1. The molecule has 0 N–H and O–H groups in total. The third-order valence-electron chi connectivity index (χ3n) is 1.18. The molecule has 0 aromatic heterocycles. The predicted octanol–water partition coefficient (Wildman–Crippen LogP) is 3.00. The normalized spacial score (nSPS) is 9.20. The van der Waals surface area contributed by atoms with Gasteiger partial charge in [0.2, 0.25) is 0 Å². The third kappa shape index (κ3) is 7.56. The van der Waals surface area contributed by atoms with Crippen LogP contribution < -0.4 is 0 Å². The summed E-state index contributed by atoms with van der Waals surface area (Å²) < 4.78 is 0. The zero-order valence-corrected chi connectivity index (χ0v) is 7.04. The Balaban J connectivity index is 3.12. The Hall–Kier alpha value is -0.440. The average molecular weight is 136 g/mol. The van der Waals surface area contributed by atoms with Gasteiger partial charge in [-0.25, -0.2) is 0 Å². The molecule has 0 aliphatic rings. The van der Waals surface area contributed by atoms with Crippen LogP contribution in [0.2, 0.25) is 0 Å². The van der Waals surface area contributed by atoms with Crippen LogP contribution in [-0.2, 0) is 0 Å². The van der Waals surface area contributed by atoms with Gasteiger partial charge in [-0.05, 0) is 18.8 Å². The Morgan fingerprint density at radius 1 is 1.20 bits per heavy atom. The maximum atomic E-state index is 3.71. The van der Waals surface area contributed by atoms with Crippen LogP contribution in [0.25, 0.3) is 0 Å². The van der Waals surface area contributed by atoms with Gasteiger partial charge in [-0.1, -0.05) is 20.8 Å². The van der Waals surface area contributed by atoms with E-state index in [0.29, 0.717) is 0 Å². The van der Waals surface area contributed by atoms with E-state index >= 15 is 0 Å². The highest BCUT2D eigenvalue weighted by atomic mass is 13.9. The van der Waals surface area contributed by atoms with E-state index < -0.39 is 0 Å². The quantitative estimate of drug-likeness (QED) is 0.523. The van der Waals surface area contributed by atoms with Crippen LogP contribution in [-0.4, -0.2) is 0 Å².